The van der Waals surface area contributed by atoms with E-state index in [1.165, 1.54) is 0 Å². The Morgan fingerprint density at radius 3 is 2.63 bits per heavy atom. The van der Waals surface area contributed by atoms with Crippen molar-refractivity contribution >= 4 is 17.5 Å². The number of ketones is 2. The van der Waals surface area contributed by atoms with Gasteiger partial charge in [-0.1, -0.05) is 30.3 Å². The van der Waals surface area contributed by atoms with Gasteiger partial charge in [0.15, 0.2) is 0 Å². The average molecular weight is 405 g/mol. The van der Waals surface area contributed by atoms with Crippen LogP contribution >= 0.6 is 0 Å². The molecule has 1 saturated heterocycles. The molecule has 154 valence electrons. The molecule has 0 unspecified atom stereocenters. The molecule has 0 spiro atoms. The molecule has 2 aromatic rings. The van der Waals surface area contributed by atoms with Gasteiger partial charge in [-0.05, 0) is 25.3 Å². The molecule has 5 rings (SSSR count). The summed E-state index contributed by atoms with van der Waals surface area (Å²) in [4.78, 5) is 45.0. The molecule has 30 heavy (non-hydrogen) atoms. The predicted molar refractivity (Wildman–Crippen MR) is 109 cm³/mol. The van der Waals surface area contributed by atoms with Crippen LogP contribution in [0.3, 0.4) is 0 Å². The number of amides is 1. The smallest absolute Gasteiger partial charge is 0.237 e. The first-order valence-electron chi connectivity index (χ1n) is 10.2. The maximum atomic E-state index is 13.0. The Labute approximate surface area is 173 Å². The topological polar surface area (TPSA) is 110 Å². The normalized spacial score (nSPS) is 20.9. The molecule has 2 aliphatic heterocycles. The van der Waals surface area contributed by atoms with Crippen molar-refractivity contribution in [2.75, 3.05) is 13.1 Å². The molecular formula is C22H23N5O3. The third kappa shape index (κ3) is 2.95. The number of carbonyl (C=O) groups is 3. The number of nitrogens with zero attached hydrogens (tertiary/aromatic N) is 3. The van der Waals surface area contributed by atoms with E-state index < -0.39 is 6.04 Å². The zero-order valence-electron chi connectivity index (χ0n) is 16.7. The molecule has 3 aliphatic rings. The van der Waals surface area contributed by atoms with E-state index in [0.29, 0.717) is 42.2 Å². The quantitative estimate of drug-likeness (QED) is 0.718. The first kappa shape index (κ1) is 18.7. The van der Waals surface area contributed by atoms with E-state index in [-0.39, 0.29) is 29.2 Å². The standard InChI is InChI=1S/C22H23N5O3/c1-12-17(26-9-10-26)20(29)16-18(19(12)28)27-8-7-15(21(27)25-16)24-22(30)14(23)11-13-5-3-2-4-6-13/h2-6,14-15H,7-11,23H2,1H3,(H,24,30)/t14-,15+/m1/s1. The number of hydrogen-bond acceptors (Lipinski definition) is 6. The van der Waals surface area contributed by atoms with E-state index >= 15 is 0 Å². The van der Waals surface area contributed by atoms with Crippen molar-refractivity contribution in [1.82, 2.24) is 19.8 Å². The van der Waals surface area contributed by atoms with Gasteiger partial charge in [-0.15, -0.1) is 0 Å². The summed E-state index contributed by atoms with van der Waals surface area (Å²) in [5.41, 5.74) is 8.59. The van der Waals surface area contributed by atoms with Gasteiger partial charge in [-0.25, -0.2) is 4.98 Å². The Bertz CT molecular complexity index is 1100. The van der Waals surface area contributed by atoms with Gasteiger partial charge in [-0.2, -0.15) is 0 Å². The highest BCUT2D eigenvalue weighted by Crippen LogP contribution is 2.36. The second kappa shape index (κ2) is 6.91. The molecule has 1 aromatic carbocycles. The molecule has 1 amide bonds. The number of imidazole rings is 1. The van der Waals surface area contributed by atoms with Crippen molar-refractivity contribution in [1.29, 1.82) is 0 Å². The van der Waals surface area contributed by atoms with Crippen LogP contribution in [0.15, 0.2) is 41.6 Å². The van der Waals surface area contributed by atoms with Gasteiger partial charge < -0.3 is 20.5 Å². The number of hydrogen-bond donors (Lipinski definition) is 2. The van der Waals surface area contributed by atoms with E-state index in [1.54, 1.807) is 11.5 Å². The van der Waals surface area contributed by atoms with Gasteiger partial charge in [0.1, 0.15) is 17.2 Å². The van der Waals surface area contributed by atoms with Crippen LogP contribution in [0.5, 0.6) is 0 Å². The first-order chi connectivity index (χ1) is 14.5. The summed E-state index contributed by atoms with van der Waals surface area (Å²) in [6.07, 6.45) is 1.05. The Morgan fingerprint density at radius 2 is 1.93 bits per heavy atom. The number of benzene rings is 1. The van der Waals surface area contributed by atoms with Gasteiger partial charge in [0.25, 0.3) is 0 Å². The SMILES string of the molecule is CC1=C(N2CC2)C(=O)c2nc3n(c2C1=O)CC[C@@H]3NC(=O)[C@H](N)Cc1ccccc1. The molecule has 1 fully saturated rings. The summed E-state index contributed by atoms with van der Waals surface area (Å²) in [7, 11) is 0. The third-order valence-corrected chi connectivity index (χ3v) is 6.01. The number of nitrogens with two attached hydrogens (primary N) is 1. The summed E-state index contributed by atoms with van der Waals surface area (Å²) in [6, 6.07) is 8.55. The van der Waals surface area contributed by atoms with Crippen molar-refractivity contribution in [3.63, 3.8) is 0 Å². The molecule has 0 saturated carbocycles. The van der Waals surface area contributed by atoms with E-state index in [2.05, 4.69) is 10.3 Å². The Kier molecular flexibility index (Phi) is 4.32. The molecule has 1 aliphatic carbocycles. The molecule has 3 N–H and O–H groups in total. The van der Waals surface area contributed by atoms with Gasteiger partial charge in [0, 0.05) is 25.2 Å². The van der Waals surface area contributed by atoms with Crippen LogP contribution < -0.4 is 11.1 Å². The number of allylic oxidation sites excluding steroid dienone is 2. The lowest BCUT2D eigenvalue weighted by Crippen LogP contribution is -2.43. The average Bonchev–Trinajstić information content (AvgIpc) is 3.38. The summed E-state index contributed by atoms with van der Waals surface area (Å²) in [6.45, 7) is 3.80. The van der Waals surface area contributed by atoms with Gasteiger partial charge in [-0.3, -0.25) is 14.4 Å². The van der Waals surface area contributed by atoms with Crippen LogP contribution in [0.1, 0.15) is 51.8 Å². The third-order valence-electron chi connectivity index (χ3n) is 6.01. The largest absolute Gasteiger partial charge is 0.364 e. The van der Waals surface area contributed by atoms with Gasteiger partial charge in [0.2, 0.25) is 17.5 Å². The highest BCUT2D eigenvalue weighted by atomic mass is 16.2. The lowest BCUT2D eigenvalue weighted by atomic mass is 9.95. The van der Waals surface area contributed by atoms with Crippen molar-refractivity contribution in [3.8, 4) is 0 Å². The molecule has 0 radical (unpaired) electrons. The van der Waals surface area contributed by atoms with Crippen LogP contribution in [0.4, 0.5) is 0 Å². The molecule has 1 aromatic heterocycles. The number of rotatable bonds is 5. The monoisotopic (exact) mass is 405 g/mol. The molecule has 2 atom stereocenters. The van der Waals surface area contributed by atoms with E-state index in [1.807, 2.05) is 35.2 Å². The zero-order valence-corrected chi connectivity index (χ0v) is 16.7. The van der Waals surface area contributed by atoms with Crippen LogP contribution in [-0.4, -0.2) is 51.1 Å². The van der Waals surface area contributed by atoms with E-state index in [9.17, 15) is 14.4 Å². The van der Waals surface area contributed by atoms with E-state index in [4.69, 9.17) is 5.73 Å². The predicted octanol–water partition coefficient (Wildman–Crippen LogP) is 0.983. The van der Waals surface area contributed by atoms with Crippen LogP contribution in [0.25, 0.3) is 0 Å². The van der Waals surface area contributed by atoms with Crippen molar-refractivity contribution in [2.24, 2.45) is 5.73 Å². The van der Waals surface area contributed by atoms with Crippen molar-refractivity contribution in [3.05, 3.63) is 64.4 Å². The summed E-state index contributed by atoms with van der Waals surface area (Å²) in [5.74, 6) is -0.0674. The fourth-order valence-electron chi connectivity index (χ4n) is 4.34. The lowest BCUT2D eigenvalue weighted by molar-refractivity contribution is -0.123. The number of carbonyl (C=O) groups excluding carboxylic acids is 3. The molecule has 0 bridgehead atoms. The minimum absolute atomic E-state index is 0.155. The highest BCUT2D eigenvalue weighted by molar-refractivity contribution is 6.25. The first-order valence-corrected chi connectivity index (χ1v) is 10.2. The number of fused-ring (bicyclic) bond motifs is 3. The Hall–Kier alpha value is -3.26. The number of aromatic nitrogens is 2. The Morgan fingerprint density at radius 1 is 1.20 bits per heavy atom. The number of nitrogens with one attached hydrogen (secondary N) is 1. The maximum Gasteiger partial charge on any atom is 0.237 e. The fourth-order valence-corrected chi connectivity index (χ4v) is 4.34. The van der Waals surface area contributed by atoms with Crippen LogP contribution in [0.2, 0.25) is 0 Å². The Balaban J connectivity index is 1.36. The maximum absolute atomic E-state index is 13.0. The minimum atomic E-state index is -0.688. The number of Topliss-reactive ketones (excluding diaryl/α,β-unsaturated/α-hetero) is 2. The zero-order chi connectivity index (χ0) is 21.0. The van der Waals surface area contributed by atoms with Crippen LogP contribution in [0, 0.1) is 0 Å². The highest BCUT2D eigenvalue weighted by Gasteiger charge is 2.43. The second-order valence-corrected chi connectivity index (χ2v) is 8.08. The van der Waals surface area contributed by atoms with Gasteiger partial charge >= 0.3 is 0 Å². The fraction of sp³-hybridized carbons (Fsp3) is 0.364. The molecule has 8 heteroatoms. The lowest BCUT2D eigenvalue weighted by Gasteiger charge is -2.17. The molecule has 8 nitrogen and oxygen atoms in total. The second-order valence-electron chi connectivity index (χ2n) is 8.08. The van der Waals surface area contributed by atoms with Crippen molar-refractivity contribution in [2.45, 2.75) is 38.4 Å². The van der Waals surface area contributed by atoms with Crippen molar-refractivity contribution < 1.29 is 14.4 Å². The summed E-state index contributed by atoms with van der Waals surface area (Å²) in [5, 5.41) is 2.96. The summed E-state index contributed by atoms with van der Waals surface area (Å²) >= 11 is 0. The minimum Gasteiger partial charge on any atom is -0.364 e. The van der Waals surface area contributed by atoms with E-state index in [0.717, 1.165) is 18.7 Å². The molecular weight excluding hydrogens is 382 g/mol. The summed E-state index contributed by atoms with van der Waals surface area (Å²) < 4.78 is 1.78. The van der Waals surface area contributed by atoms with Gasteiger partial charge in [0.05, 0.1) is 17.8 Å². The van der Waals surface area contributed by atoms with Crippen LogP contribution in [-0.2, 0) is 17.8 Å². The molecule has 3 heterocycles.